The van der Waals surface area contributed by atoms with E-state index in [1.807, 2.05) is 25.1 Å². The lowest BCUT2D eigenvalue weighted by Gasteiger charge is -2.26. The van der Waals surface area contributed by atoms with Crippen LogP contribution in [0.15, 0.2) is 66.7 Å². The average molecular weight is 321 g/mol. The van der Waals surface area contributed by atoms with E-state index in [4.69, 9.17) is 0 Å². The monoisotopic (exact) mass is 320 g/mol. The maximum atomic E-state index is 11.1. The molecule has 1 N–H and O–H groups in total. The molecule has 0 aromatic heterocycles. The summed E-state index contributed by atoms with van der Waals surface area (Å²) >= 11 is 0. The van der Waals surface area contributed by atoms with Crippen LogP contribution in [0, 0.1) is 0 Å². The van der Waals surface area contributed by atoms with Crippen molar-refractivity contribution in [2.75, 3.05) is 0 Å². The fourth-order valence-corrected chi connectivity index (χ4v) is 4.12. The Bertz CT molecular complexity index is 826. The van der Waals surface area contributed by atoms with E-state index in [9.17, 15) is 5.11 Å². The zero-order valence-electron chi connectivity index (χ0n) is 14.3. The van der Waals surface area contributed by atoms with E-state index < -0.39 is 13.7 Å². The molecule has 23 heavy (non-hydrogen) atoms. The third-order valence-electron chi connectivity index (χ3n) is 4.62. The molecule has 3 aromatic carbocycles. The molecule has 0 radical (unpaired) electrons. The Morgan fingerprint density at radius 1 is 0.739 bits per heavy atom. The van der Waals surface area contributed by atoms with Crippen molar-refractivity contribution < 1.29 is 5.11 Å². The number of benzene rings is 3. The summed E-state index contributed by atoms with van der Waals surface area (Å²) in [6, 6.07) is 22.9. The van der Waals surface area contributed by atoms with Crippen LogP contribution >= 0.6 is 0 Å². The van der Waals surface area contributed by atoms with E-state index >= 15 is 0 Å². The molecule has 1 unspecified atom stereocenters. The van der Waals surface area contributed by atoms with Crippen molar-refractivity contribution in [2.24, 2.45) is 0 Å². The van der Waals surface area contributed by atoms with E-state index in [1.165, 1.54) is 10.6 Å². The topological polar surface area (TPSA) is 20.2 Å². The minimum atomic E-state index is -1.31. The summed E-state index contributed by atoms with van der Waals surface area (Å²) < 4.78 is 0. The summed E-state index contributed by atoms with van der Waals surface area (Å²) in [6.07, 6.45) is 0. The zero-order valence-corrected chi connectivity index (χ0v) is 15.3. The van der Waals surface area contributed by atoms with Gasteiger partial charge in [0.1, 0.15) is 5.60 Å². The van der Waals surface area contributed by atoms with Crippen LogP contribution in [0.3, 0.4) is 0 Å². The van der Waals surface area contributed by atoms with Gasteiger partial charge in [0, 0.05) is 0 Å². The second-order valence-electron chi connectivity index (χ2n) is 7.46. The maximum Gasteiger partial charge on any atom is 0.112 e. The highest BCUT2D eigenvalue weighted by Gasteiger charge is 2.26. The predicted octanol–water partition coefficient (Wildman–Crippen LogP) is 4.64. The van der Waals surface area contributed by atoms with Crippen LogP contribution in [0.4, 0.5) is 0 Å². The van der Waals surface area contributed by atoms with Crippen LogP contribution < -0.4 is 5.19 Å². The van der Waals surface area contributed by atoms with Crippen LogP contribution in [0.5, 0.6) is 0 Å². The molecular weight excluding hydrogens is 296 g/mol. The summed E-state index contributed by atoms with van der Waals surface area (Å²) in [4.78, 5) is 0. The predicted molar refractivity (Wildman–Crippen MR) is 102 cm³/mol. The van der Waals surface area contributed by atoms with Crippen molar-refractivity contribution in [3.63, 3.8) is 0 Å². The Kier molecular flexibility index (Phi) is 3.91. The number of fused-ring (bicyclic) bond motifs is 1. The smallest absolute Gasteiger partial charge is 0.112 e. The molecule has 1 nitrogen and oxygen atoms in total. The Morgan fingerprint density at radius 2 is 1.30 bits per heavy atom. The third-order valence-corrected chi connectivity index (χ3v) is 6.69. The van der Waals surface area contributed by atoms with Crippen molar-refractivity contribution in [1.82, 2.24) is 0 Å². The SMILES string of the molecule is CC(O)(c1ccc([Si](C)(C)C)cc1)c1ccc2ccccc2c1. The normalized spacial score (nSPS) is 14.7. The number of hydrogen-bond donors (Lipinski definition) is 1. The van der Waals surface area contributed by atoms with Gasteiger partial charge in [0.2, 0.25) is 0 Å². The molecule has 0 saturated carbocycles. The fourth-order valence-electron chi connectivity index (χ4n) is 2.95. The zero-order chi connectivity index (χ0) is 16.7. The molecule has 0 aliphatic carbocycles. The Balaban J connectivity index is 2.02. The number of hydrogen-bond acceptors (Lipinski definition) is 1. The van der Waals surface area contributed by atoms with Crippen LogP contribution in [0.2, 0.25) is 19.6 Å². The standard InChI is InChI=1S/C21H24OSi/c1-21(22,18-11-13-20(14-12-18)23(2,3)4)19-10-9-16-7-5-6-8-17(16)15-19/h5-15,22H,1-4H3. The second kappa shape index (κ2) is 5.62. The van der Waals surface area contributed by atoms with Gasteiger partial charge in [-0.05, 0) is 34.9 Å². The van der Waals surface area contributed by atoms with Gasteiger partial charge in [-0.3, -0.25) is 0 Å². The molecule has 3 rings (SSSR count). The molecule has 0 bridgehead atoms. The fraction of sp³-hybridized carbons (Fsp3) is 0.238. The van der Waals surface area contributed by atoms with Gasteiger partial charge in [-0.2, -0.15) is 0 Å². The molecule has 0 amide bonds. The first-order valence-corrected chi connectivity index (χ1v) is 11.6. The van der Waals surface area contributed by atoms with E-state index in [2.05, 4.69) is 68.2 Å². The molecule has 0 fully saturated rings. The Hall–Kier alpha value is -1.90. The van der Waals surface area contributed by atoms with Gasteiger partial charge >= 0.3 is 0 Å². The van der Waals surface area contributed by atoms with Gasteiger partial charge < -0.3 is 5.11 Å². The van der Waals surface area contributed by atoms with E-state index in [0.717, 1.165) is 16.5 Å². The number of aliphatic hydroxyl groups is 1. The molecule has 0 heterocycles. The van der Waals surface area contributed by atoms with Crippen molar-refractivity contribution in [3.8, 4) is 0 Å². The minimum Gasteiger partial charge on any atom is -0.381 e. The first kappa shape index (κ1) is 16.0. The highest BCUT2D eigenvalue weighted by molar-refractivity contribution is 6.88. The summed E-state index contributed by atoms with van der Waals surface area (Å²) in [5.41, 5.74) is 0.883. The molecule has 3 aromatic rings. The Morgan fingerprint density at radius 3 is 1.91 bits per heavy atom. The summed E-state index contributed by atoms with van der Waals surface area (Å²) in [5.74, 6) is 0. The molecule has 0 saturated heterocycles. The van der Waals surface area contributed by atoms with Gasteiger partial charge in [-0.1, -0.05) is 85.5 Å². The quantitative estimate of drug-likeness (QED) is 0.697. The van der Waals surface area contributed by atoms with E-state index in [1.54, 1.807) is 0 Å². The number of rotatable bonds is 3. The van der Waals surface area contributed by atoms with Crippen molar-refractivity contribution in [1.29, 1.82) is 0 Å². The van der Waals surface area contributed by atoms with E-state index in [0.29, 0.717) is 0 Å². The summed E-state index contributed by atoms with van der Waals surface area (Å²) in [7, 11) is -1.31. The molecular formula is C21H24OSi. The van der Waals surface area contributed by atoms with Crippen LogP contribution in [-0.4, -0.2) is 13.2 Å². The molecule has 0 aliphatic heterocycles. The van der Waals surface area contributed by atoms with Gasteiger partial charge in [0.15, 0.2) is 0 Å². The first-order chi connectivity index (χ1) is 10.8. The second-order valence-corrected chi connectivity index (χ2v) is 12.5. The Labute approximate surface area is 139 Å². The summed E-state index contributed by atoms with van der Waals surface area (Å²) in [6.45, 7) is 8.89. The highest BCUT2D eigenvalue weighted by Crippen LogP contribution is 2.31. The van der Waals surface area contributed by atoms with Crippen molar-refractivity contribution in [3.05, 3.63) is 77.9 Å². The molecule has 2 heteroatoms. The molecule has 1 atom stereocenters. The average Bonchev–Trinajstić information content (AvgIpc) is 2.53. The highest BCUT2D eigenvalue weighted by atomic mass is 28.3. The van der Waals surface area contributed by atoms with Gasteiger partial charge in [-0.25, -0.2) is 0 Å². The van der Waals surface area contributed by atoms with Crippen LogP contribution in [0.1, 0.15) is 18.1 Å². The van der Waals surface area contributed by atoms with Gasteiger partial charge in [0.05, 0.1) is 8.07 Å². The molecule has 0 aliphatic rings. The minimum absolute atomic E-state index is 0.928. The van der Waals surface area contributed by atoms with Crippen LogP contribution in [0.25, 0.3) is 10.8 Å². The molecule has 118 valence electrons. The van der Waals surface area contributed by atoms with Crippen molar-refractivity contribution in [2.45, 2.75) is 32.2 Å². The first-order valence-electron chi connectivity index (χ1n) is 8.11. The molecule has 0 spiro atoms. The van der Waals surface area contributed by atoms with Gasteiger partial charge in [0.25, 0.3) is 0 Å². The lowest BCUT2D eigenvalue weighted by atomic mass is 9.87. The lowest BCUT2D eigenvalue weighted by molar-refractivity contribution is 0.102. The summed E-state index contributed by atoms with van der Waals surface area (Å²) in [5, 5.41) is 14.9. The van der Waals surface area contributed by atoms with Crippen molar-refractivity contribution >= 4 is 24.0 Å². The van der Waals surface area contributed by atoms with E-state index in [-0.39, 0.29) is 0 Å². The maximum absolute atomic E-state index is 11.1. The van der Waals surface area contributed by atoms with Crippen LogP contribution in [-0.2, 0) is 5.60 Å². The van der Waals surface area contributed by atoms with Gasteiger partial charge in [-0.15, -0.1) is 0 Å². The largest absolute Gasteiger partial charge is 0.381 e. The lowest BCUT2D eigenvalue weighted by Crippen LogP contribution is -2.37. The third kappa shape index (κ3) is 3.10.